The van der Waals surface area contributed by atoms with Crippen LogP contribution in [0.5, 0.6) is 0 Å². The second-order valence-corrected chi connectivity index (χ2v) is 7.06. The lowest BCUT2D eigenvalue weighted by atomic mass is 9.80. The summed E-state index contributed by atoms with van der Waals surface area (Å²) in [6, 6.07) is 3.10. The Morgan fingerprint density at radius 1 is 1.33 bits per heavy atom. The fourth-order valence-corrected chi connectivity index (χ4v) is 2.77. The van der Waals surface area contributed by atoms with Crippen LogP contribution in [-0.2, 0) is 0 Å². The van der Waals surface area contributed by atoms with E-state index in [9.17, 15) is 0 Å². The van der Waals surface area contributed by atoms with Crippen LogP contribution in [0.25, 0.3) is 0 Å². The number of likely N-dealkylation sites (tertiary alicyclic amines) is 1. The van der Waals surface area contributed by atoms with Gasteiger partial charge in [0.1, 0.15) is 0 Å². The standard InChI is InChI=1S/C15H27N3/c1-15(2,3)12-6-8-18(11-12)9-7-14(10-16)17-13-4-5-13/h12-14,17H,4-9,11H2,1-3H3. The molecule has 1 aliphatic heterocycles. The molecule has 0 aromatic carbocycles. The third-order valence-corrected chi connectivity index (χ3v) is 4.40. The highest BCUT2D eigenvalue weighted by Crippen LogP contribution is 2.33. The van der Waals surface area contributed by atoms with Gasteiger partial charge in [-0.3, -0.25) is 5.32 Å². The van der Waals surface area contributed by atoms with Crippen LogP contribution in [0.4, 0.5) is 0 Å². The van der Waals surface area contributed by atoms with E-state index in [-0.39, 0.29) is 6.04 Å². The van der Waals surface area contributed by atoms with Gasteiger partial charge in [-0.2, -0.15) is 5.26 Å². The maximum atomic E-state index is 9.13. The summed E-state index contributed by atoms with van der Waals surface area (Å²) in [4.78, 5) is 2.54. The second-order valence-electron chi connectivity index (χ2n) is 7.06. The van der Waals surface area contributed by atoms with Gasteiger partial charge in [0.05, 0.1) is 12.1 Å². The van der Waals surface area contributed by atoms with Gasteiger partial charge in [-0.05, 0) is 43.6 Å². The van der Waals surface area contributed by atoms with Gasteiger partial charge in [-0.25, -0.2) is 0 Å². The van der Waals surface area contributed by atoms with Gasteiger partial charge in [0.25, 0.3) is 0 Å². The van der Waals surface area contributed by atoms with E-state index in [1.165, 1.54) is 32.4 Å². The first-order valence-corrected chi connectivity index (χ1v) is 7.37. The van der Waals surface area contributed by atoms with E-state index >= 15 is 0 Å². The van der Waals surface area contributed by atoms with Gasteiger partial charge in [0, 0.05) is 19.1 Å². The molecule has 2 fully saturated rings. The molecule has 102 valence electrons. The van der Waals surface area contributed by atoms with Gasteiger partial charge < -0.3 is 4.90 Å². The molecule has 1 saturated carbocycles. The van der Waals surface area contributed by atoms with Crippen molar-refractivity contribution in [2.75, 3.05) is 19.6 Å². The van der Waals surface area contributed by atoms with E-state index in [4.69, 9.17) is 5.26 Å². The number of nitrogens with one attached hydrogen (secondary N) is 1. The van der Waals surface area contributed by atoms with Crippen molar-refractivity contribution in [3.8, 4) is 6.07 Å². The average Bonchev–Trinajstić information content (AvgIpc) is 2.97. The van der Waals surface area contributed by atoms with E-state index in [2.05, 4.69) is 37.1 Å². The first-order chi connectivity index (χ1) is 8.49. The van der Waals surface area contributed by atoms with Crippen LogP contribution in [0.2, 0.25) is 0 Å². The summed E-state index contributed by atoms with van der Waals surface area (Å²) in [5, 5.41) is 12.5. The molecule has 1 heterocycles. The third-order valence-electron chi connectivity index (χ3n) is 4.40. The van der Waals surface area contributed by atoms with Gasteiger partial charge in [0.2, 0.25) is 0 Å². The Morgan fingerprint density at radius 3 is 2.56 bits per heavy atom. The highest BCUT2D eigenvalue weighted by Gasteiger charge is 2.32. The topological polar surface area (TPSA) is 39.1 Å². The molecule has 0 aromatic rings. The molecule has 0 bridgehead atoms. The highest BCUT2D eigenvalue weighted by atomic mass is 15.1. The van der Waals surface area contributed by atoms with E-state index in [0.29, 0.717) is 11.5 Å². The zero-order chi connectivity index (χ0) is 13.2. The minimum absolute atomic E-state index is 0.0613. The van der Waals surface area contributed by atoms with Crippen molar-refractivity contribution >= 4 is 0 Å². The lowest BCUT2D eigenvalue weighted by molar-refractivity contribution is 0.226. The number of nitrogens with zero attached hydrogens (tertiary/aromatic N) is 2. The zero-order valence-corrected chi connectivity index (χ0v) is 12.1. The average molecular weight is 249 g/mol. The van der Waals surface area contributed by atoms with E-state index in [0.717, 1.165) is 18.9 Å². The molecule has 1 aliphatic carbocycles. The fraction of sp³-hybridized carbons (Fsp3) is 0.933. The Hall–Kier alpha value is -0.590. The summed E-state index contributed by atoms with van der Waals surface area (Å²) in [5.41, 5.74) is 0.426. The molecule has 0 spiro atoms. The molecule has 3 heteroatoms. The van der Waals surface area contributed by atoms with Gasteiger partial charge >= 0.3 is 0 Å². The Labute approximate surface area is 112 Å². The molecule has 0 aromatic heterocycles. The Balaban J connectivity index is 1.69. The molecule has 2 unspecified atom stereocenters. The lowest BCUT2D eigenvalue weighted by Crippen LogP contribution is -2.34. The third kappa shape index (κ3) is 3.96. The summed E-state index contributed by atoms with van der Waals surface area (Å²) >= 11 is 0. The molecule has 2 rings (SSSR count). The molecule has 3 nitrogen and oxygen atoms in total. The molecular weight excluding hydrogens is 222 g/mol. The smallest absolute Gasteiger partial charge is 0.0967 e. The highest BCUT2D eigenvalue weighted by molar-refractivity contribution is 4.96. The van der Waals surface area contributed by atoms with E-state index in [1.807, 2.05) is 0 Å². The van der Waals surface area contributed by atoms with Crippen molar-refractivity contribution in [1.82, 2.24) is 10.2 Å². The van der Waals surface area contributed by atoms with Gasteiger partial charge in [-0.1, -0.05) is 20.8 Å². The first kappa shape index (κ1) is 13.8. The molecule has 2 atom stereocenters. The summed E-state index contributed by atoms with van der Waals surface area (Å²) in [6.07, 6.45) is 4.81. The molecule has 2 aliphatic rings. The predicted octanol–water partition coefficient (Wildman–Crippen LogP) is 2.39. The minimum Gasteiger partial charge on any atom is -0.303 e. The maximum absolute atomic E-state index is 9.13. The summed E-state index contributed by atoms with van der Waals surface area (Å²) in [5.74, 6) is 0.814. The SMILES string of the molecule is CC(C)(C)C1CCN(CCC(C#N)NC2CC2)C1. The molecule has 1 N–H and O–H groups in total. The summed E-state index contributed by atoms with van der Waals surface area (Å²) in [6.45, 7) is 10.5. The molecule has 18 heavy (non-hydrogen) atoms. The zero-order valence-electron chi connectivity index (χ0n) is 12.1. The molecule has 1 saturated heterocycles. The van der Waals surface area contributed by atoms with E-state index in [1.54, 1.807) is 0 Å². The summed E-state index contributed by atoms with van der Waals surface area (Å²) < 4.78 is 0. The van der Waals surface area contributed by atoms with Crippen LogP contribution in [0, 0.1) is 22.7 Å². The molecule has 0 amide bonds. The number of hydrogen-bond acceptors (Lipinski definition) is 3. The maximum Gasteiger partial charge on any atom is 0.0967 e. The molecule has 0 radical (unpaired) electrons. The molecular formula is C15H27N3. The van der Waals surface area contributed by atoms with Crippen LogP contribution in [0.3, 0.4) is 0 Å². The van der Waals surface area contributed by atoms with Crippen molar-refractivity contribution in [2.45, 2.75) is 58.5 Å². The van der Waals surface area contributed by atoms with Crippen LogP contribution in [0.15, 0.2) is 0 Å². The van der Waals surface area contributed by atoms with Crippen molar-refractivity contribution < 1.29 is 0 Å². The van der Waals surface area contributed by atoms with Crippen LogP contribution < -0.4 is 5.32 Å². The van der Waals surface area contributed by atoms with Gasteiger partial charge in [-0.15, -0.1) is 0 Å². The largest absolute Gasteiger partial charge is 0.303 e. The number of nitriles is 1. The Bertz CT molecular complexity index is 309. The Kier molecular flexibility index (Phi) is 4.29. The van der Waals surface area contributed by atoms with Crippen molar-refractivity contribution in [1.29, 1.82) is 5.26 Å². The predicted molar refractivity (Wildman–Crippen MR) is 74.2 cm³/mol. The van der Waals surface area contributed by atoms with Crippen LogP contribution >= 0.6 is 0 Å². The number of rotatable bonds is 5. The Morgan fingerprint density at radius 2 is 2.06 bits per heavy atom. The van der Waals surface area contributed by atoms with Crippen molar-refractivity contribution in [3.05, 3.63) is 0 Å². The lowest BCUT2D eigenvalue weighted by Gasteiger charge is -2.27. The van der Waals surface area contributed by atoms with Crippen LogP contribution in [-0.4, -0.2) is 36.6 Å². The van der Waals surface area contributed by atoms with Gasteiger partial charge in [0.15, 0.2) is 0 Å². The van der Waals surface area contributed by atoms with E-state index < -0.39 is 0 Å². The van der Waals surface area contributed by atoms with Crippen molar-refractivity contribution in [3.63, 3.8) is 0 Å². The minimum atomic E-state index is 0.0613. The fourth-order valence-electron chi connectivity index (χ4n) is 2.77. The number of hydrogen-bond donors (Lipinski definition) is 1. The first-order valence-electron chi connectivity index (χ1n) is 7.37. The summed E-state index contributed by atoms with van der Waals surface area (Å²) in [7, 11) is 0. The monoisotopic (exact) mass is 249 g/mol. The quantitative estimate of drug-likeness (QED) is 0.813. The second kappa shape index (κ2) is 5.59. The van der Waals surface area contributed by atoms with Crippen molar-refractivity contribution in [2.24, 2.45) is 11.3 Å². The van der Waals surface area contributed by atoms with Crippen LogP contribution in [0.1, 0.15) is 46.5 Å². The normalized spacial score (nSPS) is 27.1.